The number of carbonyl (C=O) groups is 1. The van der Waals surface area contributed by atoms with Gasteiger partial charge in [-0.15, -0.1) is 0 Å². The molecule has 2 rings (SSSR count). The number of hydrogen-bond acceptors (Lipinski definition) is 5. The van der Waals surface area contributed by atoms with Gasteiger partial charge in [0.2, 0.25) is 0 Å². The zero-order valence-corrected chi connectivity index (χ0v) is 13.3. The Labute approximate surface area is 123 Å². The maximum Gasteiger partial charge on any atom is 0.340 e. The van der Waals surface area contributed by atoms with Crippen LogP contribution >= 0.6 is 20.7 Å². The van der Waals surface area contributed by atoms with Gasteiger partial charge in [-0.25, -0.2) is 9.79 Å². The van der Waals surface area contributed by atoms with Crippen molar-refractivity contribution in [3.8, 4) is 0 Å². The molecule has 2 N–H and O–H groups in total. The highest BCUT2D eigenvalue weighted by molar-refractivity contribution is 14.2. The summed E-state index contributed by atoms with van der Waals surface area (Å²) in [5, 5.41) is 0. The third-order valence-electron chi connectivity index (χ3n) is 3.30. The lowest BCUT2D eigenvalue weighted by Crippen LogP contribution is -2.39. The molecule has 106 valence electrons. The number of nitrogens with two attached hydrogens (primary N) is 1. The highest BCUT2D eigenvalue weighted by Gasteiger charge is 2.21. The van der Waals surface area contributed by atoms with E-state index in [-0.39, 0.29) is 26.7 Å². The highest BCUT2D eigenvalue weighted by Crippen LogP contribution is 2.22. The molecule has 1 fully saturated rings. The van der Waals surface area contributed by atoms with E-state index in [2.05, 4.69) is 9.89 Å². The van der Waals surface area contributed by atoms with E-state index in [9.17, 15) is 4.79 Å². The second-order valence-corrected chi connectivity index (χ2v) is 6.80. The predicted octanol–water partition coefficient (Wildman–Crippen LogP) is 1.25. The second kappa shape index (κ2) is 7.25. The number of likely N-dealkylation sites (tertiary alicyclic amines) is 1. The van der Waals surface area contributed by atoms with Crippen LogP contribution in [0.1, 0.15) is 19.8 Å². The lowest BCUT2D eigenvalue weighted by molar-refractivity contribution is -0.137. The number of carbonyl (C=O) groups excluding carboxylic acids is 1. The summed E-state index contributed by atoms with van der Waals surface area (Å²) >= 11 is -0.330. The molecule has 0 amide bonds. The largest absolute Gasteiger partial charge is 0.462 e. The molecule has 0 aromatic carbocycles. The molecule has 0 aromatic rings. The van der Waals surface area contributed by atoms with Gasteiger partial charge in [-0.2, -0.15) is 0 Å². The fraction of sp³-hybridized carbons (Fsp3) is 0.615. The van der Waals surface area contributed by atoms with Gasteiger partial charge in [-0.3, -0.25) is 4.90 Å². The maximum absolute atomic E-state index is 11.6. The first-order chi connectivity index (χ1) is 9.24. The molecule has 19 heavy (non-hydrogen) atoms. The highest BCUT2D eigenvalue weighted by atomic mass is 127. The molecule has 1 saturated heterocycles. The summed E-state index contributed by atoms with van der Waals surface area (Å²) in [5.41, 5.74) is 6.30. The minimum absolute atomic E-state index is 0.258. The molecule has 6 heteroatoms. The van der Waals surface area contributed by atoms with Crippen molar-refractivity contribution in [2.24, 2.45) is 16.6 Å². The molecular formula is C13H20IN3O2. The molecule has 2 aliphatic rings. The first kappa shape index (κ1) is 14.8. The third-order valence-corrected chi connectivity index (χ3v) is 5.80. The Balaban J connectivity index is 1.94. The van der Waals surface area contributed by atoms with E-state index in [4.69, 9.17) is 10.5 Å². The Morgan fingerprint density at radius 2 is 2.32 bits per heavy atom. The van der Waals surface area contributed by atoms with Crippen molar-refractivity contribution in [3.05, 3.63) is 9.66 Å². The summed E-state index contributed by atoms with van der Waals surface area (Å²) in [5.74, 6) is 0.403. The van der Waals surface area contributed by atoms with Crippen molar-refractivity contribution in [1.82, 2.24) is 4.90 Å². The van der Waals surface area contributed by atoms with Gasteiger partial charge in [0.25, 0.3) is 0 Å². The first-order valence-corrected chi connectivity index (χ1v) is 8.93. The summed E-state index contributed by atoms with van der Waals surface area (Å²) in [4.78, 5) is 18.4. The van der Waals surface area contributed by atoms with Crippen molar-refractivity contribution in [2.75, 3.05) is 26.2 Å². The number of halogens is 1. The van der Waals surface area contributed by atoms with Crippen molar-refractivity contribution in [3.63, 3.8) is 0 Å². The average molecular weight is 377 g/mol. The van der Waals surface area contributed by atoms with E-state index in [1.807, 2.05) is 11.0 Å². The van der Waals surface area contributed by atoms with E-state index >= 15 is 0 Å². The van der Waals surface area contributed by atoms with Crippen LogP contribution in [0.3, 0.4) is 0 Å². The average Bonchev–Trinajstić information content (AvgIpc) is 2.48. The van der Waals surface area contributed by atoms with E-state index in [0.717, 1.165) is 36.2 Å². The Morgan fingerprint density at radius 3 is 2.84 bits per heavy atom. The quantitative estimate of drug-likeness (QED) is 0.592. The summed E-state index contributed by atoms with van der Waals surface area (Å²) in [7, 11) is 0. The van der Waals surface area contributed by atoms with Gasteiger partial charge in [-0.05, 0) is 36.3 Å². The van der Waals surface area contributed by atoms with E-state index < -0.39 is 0 Å². The fourth-order valence-electron chi connectivity index (χ4n) is 2.10. The first-order valence-electron chi connectivity index (χ1n) is 6.61. The smallest absolute Gasteiger partial charge is 0.340 e. The van der Waals surface area contributed by atoms with E-state index in [1.54, 1.807) is 6.21 Å². The van der Waals surface area contributed by atoms with Crippen molar-refractivity contribution < 1.29 is 9.53 Å². The third kappa shape index (κ3) is 3.93. The Kier molecular flexibility index (Phi) is 5.65. The molecule has 2 aliphatic heterocycles. The van der Waals surface area contributed by atoms with Crippen LogP contribution in [-0.2, 0) is 9.53 Å². The predicted molar refractivity (Wildman–Crippen MR) is 85.6 cm³/mol. The Bertz CT molecular complexity index is 424. The number of aliphatic imine (C=N–C) groups is 1. The van der Waals surface area contributed by atoms with E-state index in [0.29, 0.717) is 18.1 Å². The van der Waals surface area contributed by atoms with Crippen molar-refractivity contribution in [1.29, 1.82) is 0 Å². The molecule has 0 bridgehead atoms. The molecule has 2 heterocycles. The lowest BCUT2D eigenvalue weighted by atomic mass is 9.97. The SMILES string of the molecule is CCOC(=O)C1=CI=C(N2CCC(CN)CC2)N=C1. The van der Waals surface area contributed by atoms with Crippen LogP contribution < -0.4 is 5.73 Å². The zero-order chi connectivity index (χ0) is 13.7. The van der Waals surface area contributed by atoms with Crippen LogP contribution in [0.25, 0.3) is 0 Å². The van der Waals surface area contributed by atoms with Crippen LogP contribution in [0, 0.1) is 5.92 Å². The zero-order valence-electron chi connectivity index (χ0n) is 11.1. The molecule has 5 nitrogen and oxygen atoms in total. The van der Waals surface area contributed by atoms with Gasteiger partial charge in [0.15, 0.2) is 0 Å². The number of hydrogen-bond donors (Lipinski definition) is 1. The van der Waals surface area contributed by atoms with Crippen LogP contribution in [0.2, 0.25) is 0 Å². The van der Waals surface area contributed by atoms with Crippen LogP contribution in [0.4, 0.5) is 0 Å². The number of nitrogens with zero attached hydrogens (tertiary/aromatic N) is 2. The topological polar surface area (TPSA) is 67.9 Å². The van der Waals surface area contributed by atoms with Gasteiger partial charge >= 0.3 is 5.97 Å². The summed E-state index contributed by atoms with van der Waals surface area (Å²) in [6, 6.07) is 0. The number of esters is 1. The van der Waals surface area contributed by atoms with E-state index in [1.165, 1.54) is 0 Å². The Morgan fingerprint density at radius 1 is 1.58 bits per heavy atom. The van der Waals surface area contributed by atoms with Gasteiger partial charge in [0.1, 0.15) is 3.76 Å². The minimum atomic E-state index is -0.330. The summed E-state index contributed by atoms with van der Waals surface area (Å²) < 4.78 is 8.14. The Hall–Kier alpha value is -0.600. The lowest BCUT2D eigenvalue weighted by Gasteiger charge is -2.31. The molecule has 0 saturated carbocycles. The number of rotatable bonds is 4. The van der Waals surface area contributed by atoms with Crippen LogP contribution in [0.15, 0.2) is 14.6 Å². The summed E-state index contributed by atoms with van der Waals surface area (Å²) in [6.07, 6.45) is 3.94. The van der Waals surface area contributed by atoms with Gasteiger partial charge in [0, 0.05) is 19.3 Å². The fourth-order valence-corrected chi connectivity index (χ4v) is 4.31. The monoisotopic (exact) mass is 377 g/mol. The molecule has 0 unspecified atom stereocenters. The molecule has 0 aliphatic carbocycles. The van der Waals surface area contributed by atoms with Crippen LogP contribution in [-0.4, -0.2) is 47.1 Å². The van der Waals surface area contributed by atoms with Crippen molar-refractivity contribution >= 4 is 36.7 Å². The molecule has 0 atom stereocenters. The normalized spacial score (nSPS) is 21.4. The molecule has 0 spiro atoms. The molecular weight excluding hydrogens is 357 g/mol. The standard InChI is InChI=1S/C13H20IN3O2/c1-2-19-12(18)11-7-14-13(16-9-11)17-5-3-10(8-15)4-6-17/h7,9-10H,2-6,8,15H2,1H3. The second-order valence-electron chi connectivity index (χ2n) is 4.59. The van der Waals surface area contributed by atoms with Gasteiger partial charge < -0.3 is 10.5 Å². The van der Waals surface area contributed by atoms with Gasteiger partial charge in [0.05, 0.1) is 12.2 Å². The molecule has 0 radical (unpaired) electrons. The van der Waals surface area contributed by atoms with Crippen molar-refractivity contribution in [2.45, 2.75) is 19.8 Å². The number of ether oxygens (including phenoxy) is 1. The minimum Gasteiger partial charge on any atom is -0.462 e. The summed E-state index contributed by atoms with van der Waals surface area (Å²) in [6.45, 7) is 5.08. The number of piperidine rings is 1. The van der Waals surface area contributed by atoms with Crippen LogP contribution in [0.5, 0.6) is 0 Å². The maximum atomic E-state index is 11.6. The molecule has 0 aromatic heterocycles. The van der Waals surface area contributed by atoms with Gasteiger partial charge in [-0.1, -0.05) is 20.7 Å².